The highest BCUT2D eigenvalue weighted by Gasteiger charge is 2.11. The molecule has 0 atom stereocenters. The summed E-state index contributed by atoms with van der Waals surface area (Å²) < 4.78 is 0. The summed E-state index contributed by atoms with van der Waals surface area (Å²) in [6.45, 7) is 9.64. The van der Waals surface area contributed by atoms with Gasteiger partial charge in [-0.15, -0.1) is 11.8 Å². The zero-order chi connectivity index (χ0) is 14.4. The number of nitrogens with zero attached hydrogens (tertiary/aromatic N) is 1. The predicted molar refractivity (Wildman–Crippen MR) is 82.5 cm³/mol. The van der Waals surface area contributed by atoms with Crippen LogP contribution in [-0.2, 0) is 4.79 Å². The number of rotatable bonds is 7. The third-order valence-corrected chi connectivity index (χ3v) is 4.19. The van der Waals surface area contributed by atoms with Gasteiger partial charge in [0, 0.05) is 23.2 Å². The lowest BCUT2D eigenvalue weighted by atomic mass is 10.1. The van der Waals surface area contributed by atoms with Gasteiger partial charge in [0.05, 0.1) is 6.54 Å². The Hall–Kier alpha value is -1.00. The average molecular weight is 280 g/mol. The number of aryl methyl sites for hydroxylation is 2. The SMILES string of the molecule is Cc1ccc(SCCN(CC(N)=O)C(C)C)cc1C. The quantitative estimate of drug-likeness (QED) is 0.781. The molecule has 1 aromatic rings. The Morgan fingerprint density at radius 3 is 2.53 bits per heavy atom. The maximum absolute atomic E-state index is 11.0. The van der Waals surface area contributed by atoms with E-state index in [1.807, 2.05) is 11.8 Å². The minimum Gasteiger partial charge on any atom is -0.369 e. The van der Waals surface area contributed by atoms with Crippen molar-refractivity contribution in [1.29, 1.82) is 0 Å². The van der Waals surface area contributed by atoms with Crippen molar-refractivity contribution in [3.63, 3.8) is 0 Å². The molecule has 2 N–H and O–H groups in total. The molecule has 1 amide bonds. The molecule has 0 unspecified atom stereocenters. The molecule has 0 aliphatic rings. The molecule has 19 heavy (non-hydrogen) atoms. The number of benzene rings is 1. The second-order valence-corrected chi connectivity index (χ2v) is 6.29. The molecule has 0 aliphatic heterocycles. The molecule has 0 aromatic heterocycles. The van der Waals surface area contributed by atoms with Crippen LogP contribution in [-0.4, -0.2) is 35.7 Å². The maximum Gasteiger partial charge on any atom is 0.231 e. The van der Waals surface area contributed by atoms with Gasteiger partial charge >= 0.3 is 0 Å². The Balaban J connectivity index is 2.47. The number of nitrogens with two attached hydrogens (primary N) is 1. The van der Waals surface area contributed by atoms with Crippen LogP contribution in [0.1, 0.15) is 25.0 Å². The van der Waals surface area contributed by atoms with Crippen LogP contribution in [0.25, 0.3) is 0 Å². The van der Waals surface area contributed by atoms with Gasteiger partial charge in [0.1, 0.15) is 0 Å². The normalized spacial score (nSPS) is 11.3. The first-order chi connectivity index (χ1) is 8.90. The van der Waals surface area contributed by atoms with E-state index in [0.29, 0.717) is 12.6 Å². The van der Waals surface area contributed by atoms with Crippen LogP contribution >= 0.6 is 11.8 Å². The standard InChI is InChI=1S/C15H24N2OS/c1-11(2)17(10-15(16)18)7-8-19-14-6-5-12(3)13(4)9-14/h5-6,9,11H,7-8,10H2,1-4H3,(H2,16,18). The van der Waals surface area contributed by atoms with Crippen molar-refractivity contribution >= 4 is 17.7 Å². The van der Waals surface area contributed by atoms with Crippen LogP contribution in [0.4, 0.5) is 0 Å². The zero-order valence-corrected chi connectivity index (χ0v) is 13.1. The van der Waals surface area contributed by atoms with Crippen LogP contribution in [0.5, 0.6) is 0 Å². The Bertz CT molecular complexity index is 432. The van der Waals surface area contributed by atoms with Crippen molar-refractivity contribution < 1.29 is 4.79 Å². The molecule has 0 bridgehead atoms. The van der Waals surface area contributed by atoms with Gasteiger partial charge in [0.2, 0.25) is 5.91 Å². The van der Waals surface area contributed by atoms with Gasteiger partial charge in [-0.1, -0.05) is 6.07 Å². The summed E-state index contributed by atoms with van der Waals surface area (Å²) in [7, 11) is 0. The molecule has 0 heterocycles. The van der Waals surface area contributed by atoms with Crippen molar-refractivity contribution in [2.24, 2.45) is 5.73 Å². The van der Waals surface area contributed by atoms with E-state index in [9.17, 15) is 4.79 Å². The van der Waals surface area contributed by atoms with E-state index >= 15 is 0 Å². The van der Waals surface area contributed by atoms with Crippen molar-refractivity contribution in [2.75, 3.05) is 18.8 Å². The van der Waals surface area contributed by atoms with Crippen LogP contribution < -0.4 is 5.73 Å². The van der Waals surface area contributed by atoms with E-state index in [4.69, 9.17) is 5.73 Å². The van der Waals surface area contributed by atoms with E-state index in [0.717, 1.165) is 12.3 Å². The van der Waals surface area contributed by atoms with E-state index in [1.165, 1.54) is 16.0 Å². The lowest BCUT2D eigenvalue weighted by Crippen LogP contribution is -2.39. The predicted octanol–water partition coefficient (Wildman–Crippen LogP) is 2.59. The molecule has 1 aromatic carbocycles. The minimum absolute atomic E-state index is 0.259. The molecule has 0 saturated heterocycles. The molecule has 4 heteroatoms. The third kappa shape index (κ3) is 5.66. The lowest BCUT2D eigenvalue weighted by Gasteiger charge is -2.24. The third-order valence-electron chi connectivity index (χ3n) is 3.21. The maximum atomic E-state index is 11.0. The number of primary amides is 1. The molecule has 0 fully saturated rings. The number of carbonyl (C=O) groups is 1. The second-order valence-electron chi connectivity index (χ2n) is 5.13. The fourth-order valence-corrected chi connectivity index (χ4v) is 2.79. The molecule has 0 radical (unpaired) electrons. The molecule has 3 nitrogen and oxygen atoms in total. The van der Waals surface area contributed by atoms with Crippen molar-refractivity contribution in [2.45, 2.75) is 38.6 Å². The summed E-state index contributed by atoms with van der Waals surface area (Å²) in [5.41, 5.74) is 7.91. The summed E-state index contributed by atoms with van der Waals surface area (Å²) in [5, 5.41) is 0. The first-order valence-corrected chi connectivity index (χ1v) is 7.61. The summed E-state index contributed by atoms with van der Waals surface area (Å²) in [5.74, 6) is 0.707. The highest BCUT2D eigenvalue weighted by molar-refractivity contribution is 7.99. The smallest absolute Gasteiger partial charge is 0.231 e. The molecule has 1 rings (SSSR count). The largest absolute Gasteiger partial charge is 0.369 e. The molecular weight excluding hydrogens is 256 g/mol. The Morgan fingerprint density at radius 2 is 2.00 bits per heavy atom. The monoisotopic (exact) mass is 280 g/mol. The van der Waals surface area contributed by atoms with Gasteiger partial charge < -0.3 is 5.73 Å². The summed E-state index contributed by atoms with van der Waals surface area (Å²) in [6, 6.07) is 6.86. The molecular formula is C15H24N2OS. The van der Waals surface area contributed by atoms with E-state index < -0.39 is 0 Å². The van der Waals surface area contributed by atoms with E-state index in [2.05, 4.69) is 50.8 Å². The van der Waals surface area contributed by atoms with Gasteiger partial charge in [-0.25, -0.2) is 0 Å². The van der Waals surface area contributed by atoms with Gasteiger partial charge in [-0.2, -0.15) is 0 Å². The van der Waals surface area contributed by atoms with Crippen LogP contribution in [0.2, 0.25) is 0 Å². The van der Waals surface area contributed by atoms with Gasteiger partial charge in [-0.05, 0) is 51.0 Å². The fraction of sp³-hybridized carbons (Fsp3) is 0.533. The summed E-state index contributed by atoms with van der Waals surface area (Å²) >= 11 is 1.82. The minimum atomic E-state index is -0.259. The molecule has 0 spiro atoms. The number of hydrogen-bond acceptors (Lipinski definition) is 3. The Kier molecular flexibility index (Phi) is 6.38. The van der Waals surface area contributed by atoms with E-state index in [1.54, 1.807) is 0 Å². The highest BCUT2D eigenvalue weighted by Crippen LogP contribution is 2.21. The second kappa shape index (κ2) is 7.56. The molecule has 106 valence electrons. The first-order valence-electron chi connectivity index (χ1n) is 6.62. The number of hydrogen-bond donors (Lipinski definition) is 1. The first kappa shape index (κ1) is 16.1. The van der Waals surface area contributed by atoms with Crippen molar-refractivity contribution in [1.82, 2.24) is 4.90 Å². The van der Waals surface area contributed by atoms with Crippen LogP contribution in [0, 0.1) is 13.8 Å². The number of thioether (sulfide) groups is 1. The van der Waals surface area contributed by atoms with Crippen LogP contribution in [0.3, 0.4) is 0 Å². The lowest BCUT2D eigenvalue weighted by molar-refractivity contribution is -0.119. The van der Waals surface area contributed by atoms with Crippen molar-refractivity contribution in [3.8, 4) is 0 Å². The Morgan fingerprint density at radius 1 is 1.32 bits per heavy atom. The van der Waals surface area contributed by atoms with Gasteiger partial charge in [0.15, 0.2) is 0 Å². The fourth-order valence-electron chi connectivity index (χ4n) is 1.80. The number of carbonyl (C=O) groups excluding carboxylic acids is 1. The van der Waals surface area contributed by atoms with E-state index in [-0.39, 0.29) is 5.91 Å². The zero-order valence-electron chi connectivity index (χ0n) is 12.3. The van der Waals surface area contributed by atoms with Crippen molar-refractivity contribution in [3.05, 3.63) is 29.3 Å². The summed E-state index contributed by atoms with van der Waals surface area (Å²) in [4.78, 5) is 14.4. The molecule has 0 aliphatic carbocycles. The highest BCUT2D eigenvalue weighted by atomic mass is 32.2. The van der Waals surface area contributed by atoms with Crippen LogP contribution in [0.15, 0.2) is 23.1 Å². The van der Waals surface area contributed by atoms with Gasteiger partial charge in [-0.3, -0.25) is 9.69 Å². The topological polar surface area (TPSA) is 46.3 Å². The molecule has 0 saturated carbocycles. The average Bonchev–Trinajstić information content (AvgIpc) is 2.31. The number of amides is 1. The summed E-state index contributed by atoms with van der Waals surface area (Å²) in [6.07, 6.45) is 0. The van der Waals surface area contributed by atoms with Gasteiger partial charge in [0.25, 0.3) is 0 Å². The Labute approximate surface area is 120 Å².